The Morgan fingerprint density at radius 3 is 2.82 bits per heavy atom. The van der Waals surface area contributed by atoms with Crippen molar-refractivity contribution < 1.29 is 9.18 Å². The summed E-state index contributed by atoms with van der Waals surface area (Å²) in [6.07, 6.45) is 0. The van der Waals surface area contributed by atoms with Crippen LogP contribution in [-0.4, -0.2) is 25.7 Å². The van der Waals surface area contributed by atoms with Crippen molar-refractivity contribution >= 4 is 56.2 Å². The van der Waals surface area contributed by atoms with Gasteiger partial charge >= 0.3 is 0 Å². The number of nitrogens with one attached hydrogen (secondary N) is 1. The van der Waals surface area contributed by atoms with E-state index in [2.05, 4.69) is 20.5 Å². The Bertz CT molecular complexity index is 1220. The lowest BCUT2D eigenvalue weighted by atomic mass is 10.3. The van der Waals surface area contributed by atoms with Gasteiger partial charge in [-0.2, -0.15) is 0 Å². The molecule has 11 heteroatoms. The second kappa shape index (κ2) is 7.78. The number of amides is 1. The van der Waals surface area contributed by atoms with E-state index < -0.39 is 5.91 Å². The van der Waals surface area contributed by atoms with Gasteiger partial charge < -0.3 is 5.32 Å². The van der Waals surface area contributed by atoms with Gasteiger partial charge in [-0.25, -0.2) is 9.37 Å². The Labute approximate surface area is 170 Å². The van der Waals surface area contributed by atoms with Crippen LogP contribution >= 0.6 is 34.4 Å². The number of thiophene rings is 1. The van der Waals surface area contributed by atoms with Crippen molar-refractivity contribution in [1.82, 2.24) is 19.7 Å². The summed E-state index contributed by atoms with van der Waals surface area (Å²) in [6, 6.07) is 7.28. The van der Waals surface area contributed by atoms with E-state index >= 15 is 0 Å². The quantitative estimate of drug-likeness (QED) is 0.383. The van der Waals surface area contributed by atoms with Crippen LogP contribution in [0.25, 0.3) is 10.2 Å². The van der Waals surface area contributed by atoms with Gasteiger partial charge in [-0.05, 0) is 35.7 Å². The number of carbonyl (C=O) groups is 1. The fraction of sp³-hybridized carbons (Fsp3) is 0.118. The number of hydrogen-bond acceptors (Lipinski definition) is 8. The molecule has 0 atom stereocenters. The first kappa shape index (κ1) is 18.7. The summed E-state index contributed by atoms with van der Waals surface area (Å²) >= 11 is 3.88. The molecule has 3 aromatic heterocycles. The van der Waals surface area contributed by atoms with Crippen molar-refractivity contribution in [1.29, 1.82) is 0 Å². The summed E-state index contributed by atoms with van der Waals surface area (Å²) in [7, 11) is 1.68. The maximum atomic E-state index is 12.9. The molecule has 0 aliphatic heterocycles. The lowest BCUT2D eigenvalue weighted by Crippen LogP contribution is -2.18. The first-order valence-electron chi connectivity index (χ1n) is 7.97. The molecule has 0 aliphatic rings. The maximum absolute atomic E-state index is 12.9. The van der Waals surface area contributed by atoms with Crippen LogP contribution in [-0.2, 0) is 12.8 Å². The molecule has 1 aromatic carbocycles. The highest BCUT2D eigenvalue weighted by atomic mass is 32.2. The van der Waals surface area contributed by atoms with Crippen LogP contribution in [0.3, 0.4) is 0 Å². The number of aromatic nitrogens is 4. The standard InChI is InChI=1S/C17H12FN5O2S3/c1-23-16(25)13-11(6-7-26-13)20-17(23)27-8-12-21-22-15(28-12)14(24)19-10-4-2-9(18)3-5-10/h2-7H,8H2,1H3,(H,19,24). The Balaban J connectivity index is 1.45. The highest BCUT2D eigenvalue weighted by Gasteiger charge is 2.15. The molecule has 1 N–H and O–H groups in total. The molecule has 0 saturated heterocycles. The van der Waals surface area contributed by atoms with Gasteiger partial charge in [0.25, 0.3) is 11.5 Å². The summed E-state index contributed by atoms with van der Waals surface area (Å²) in [5.41, 5.74) is 1.06. The number of anilines is 1. The summed E-state index contributed by atoms with van der Waals surface area (Å²) < 4.78 is 15.1. The third kappa shape index (κ3) is 3.81. The van der Waals surface area contributed by atoms with Gasteiger partial charge in [0.05, 0.1) is 11.3 Å². The molecule has 142 valence electrons. The normalized spacial score (nSPS) is 11.1. The summed E-state index contributed by atoms with van der Waals surface area (Å²) in [6.45, 7) is 0. The van der Waals surface area contributed by atoms with Crippen molar-refractivity contribution in [2.75, 3.05) is 5.32 Å². The van der Waals surface area contributed by atoms with E-state index in [1.165, 1.54) is 51.9 Å². The average Bonchev–Trinajstić information content (AvgIpc) is 3.35. The molecule has 0 saturated carbocycles. The third-order valence-electron chi connectivity index (χ3n) is 3.73. The topological polar surface area (TPSA) is 89.8 Å². The summed E-state index contributed by atoms with van der Waals surface area (Å²) in [4.78, 5) is 29.1. The van der Waals surface area contributed by atoms with Crippen molar-refractivity contribution in [2.45, 2.75) is 10.9 Å². The molecule has 0 fully saturated rings. The van der Waals surface area contributed by atoms with E-state index in [9.17, 15) is 14.0 Å². The van der Waals surface area contributed by atoms with Crippen LogP contribution in [0, 0.1) is 5.82 Å². The minimum Gasteiger partial charge on any atom is -0.320 e. The highest BCUT2D eigenvalue weighted by Crippen LogP contribution is 2.25. The number of benzene rings is 1. The summed E-state index contributed by atoms with van der Waals surface area (Å²) in [5.74, 6) is -0.361. The van der Waals surface area contributed by atoms with Gasteiger partial charge in [0.15, 0.2) is 5.16 Å². The second-order valence-electron chi connectivity index (χ2n) is 5.64. The van der Waals surface area contributed by atoms with Gasteiger partial charge in [-0.3, -0.25) is 14.2 Å². The first-order chi connectivity index (χ1) is 13.5. The maximum Gasteiger partial charge on any atom is 0.286 e. The van der Waals surface area contributed by atoms with Gasteiger partial charge in [-0.15, -0.1) is 21.5 Å². The first-order valence-corrected chi connectivity index (χ1v) is 10.7. The predicted molar refractivity (Wildman–Crippen MR) is 109 cm³/mol. The number of fused-ring (bicyclic) bond motifs is 1. The molecule has 3 heterocycles. The molecule has 7 nitrogen and oxygen atoms in total. The zero-order valence-corrected chi connectivity index (χ0v) is 16.8. The van der Waals surface area contributed by atoms with Crippen molar-refractivity contribution in [3.8, 4) is 0 Å². The van der Waals surface area contributed by atoms with Gasteiger partial charge in [0.2, 0.25) is 5.01 Å². The zero-order valence-electron chi connectivity index (χ0n) is 14.4. The Hall–Kier alpha value is -2.63. The largest absolute Gasteiger partial charge is 0.320 e. The average molecular weight is 434 g/mol. The minimum absolute atomic E-state index is 0.0841. The monoisotopic (exact) mass is 433 g/mol. The minimum atomic E-state index is -0.412. The molecule has 0 aliphatic carbocycles. The molecule has 0 spiro atoms. The van der Waals surface area contributed by atoms with Gasteiger partial charge in [0, 0.05) is 12.7 Å². The smallest absolute Gasteiger partial charge is 0.286 e. The van der Waals surface area contributed by atoms with Crippen LogP contribution in [0.1, 0.15) is 14.8 Å². The molecule has 0 unspecified atom stereocenters. The molecule has 0 bridgehead atoms. The van der Waals surface area contributed by atoms with Crippen LogP contribution in [0.2, 0.25) is 0 Å². The van der Waals surface area contributed by atoms with Crippen molar-refractivity contribution in [3.63, 3.8) is 0 Å². The lowest BCUT2D eigenvalue weighted by Gasteiger charge is -2.05. The fourth-order valence-electron chi connectivity index (χ4n) is 2.34. The van der Waals surface area contributed by atoms with E-state index in [1.807, 2.05) is 11.4 Å². The Morgan fingerprint density at radius 2 is 2.04 bits per heavy atom. The molecule has 28 heavy (non-hydrogen) atoms. The van der Waals surface area contributed by atoms with Gasteiger partial charge in [-0.1, -0.05) is 23.1 Å². The number of thioether (sulfide) groups is 1. The number of halogens is 1. The Kier molecular flexibility index (Phi) is 5.20. The van der Waals surface area contributed by atoms with E-state index in [1.54, 1.807) is 7.05 Å². The molecular formula is C17H12FN5O2S3. The van der Waals surface area contributed by atoms with E-state index in [4.69, 9.17) is 0 Å². The third-order valence-corrected chi connectivity index (χ3v) is 6.77. The molecule has 4 rings (SSSR count). The highest BCUT2D eigenvalue weighted by molar-refractivity contribution is 7.98. The number of rotatable bonds is 5. The molecule has 4 aromatic rings. The molecular weight excluding hydrogens is 421 g/mol. The van der Waals surface area contributed by atoms with E-state index in [0.717, 1.165) is 11.3 Å². The summed E-state index contributed by atoms with van der Waals surface area (Å²) in [5, 5.41) is 13.8. The molecule has 0 radical (unpaired) electrons. The number of hydrogen-bond donors (Lipinski definition) is 1. The second-order valence-corrected chi connectivity index (χ2v) is 8.56. The van der Waals surface area contributed by atoms with E-state index in [-0.39, 0.29) is 16.4 Å². The lowest BCUT2D eigenvalue weighted by molar-refractivity contribution is 0.102. The van der Waals surface area contributed by atoms with Crippen molar-refractivity contribution in [3.05, 3.63) is 61.9 Å². The van der Waals surface area contributed by atoms with Crippen LogP contribution in [0.15, 0.2) is 45.7 Å². The predicted octanol–water partition coefficient (Wildman–Crippen LogP) is 3.53. The van der Waals surface area contributed by atoms with Crippen LogP contribution in [0.4, 0.5) is 10.1 Å². The fourth-order valence-corrected chi connectivity index (χ4v) is 4.84. The van der Waals surface area contributed by atoms with Crippen LogP contribution < -0.4 is 10.9 Å². The van der Waals surface area contributed by atoms with E-state index in [0.29, 0.717) is 31.8 Å². The molecule has 1 amide bonds. The zero-order chi connectivity index (χ0) is 19.7. The number of nitrogens with zero attached hydrogens (tertiary/aromatic N) is 4. The van der Waals surface area contributed by atoms with Crippen molar-refractivity contribution in [2.24, 2.45) is 7.05 Å². The Morgan fingerprint density at radius 1 is 1.25 bits per heavy atom. The van der Waals surface area contributed by atoms with Crippen LogP contribution in [0.5, 0.6) is 0 Å². The number of carbonyl (C=O) groups excluding carboxylic acids is 1. The SMILES string of the molecule is Cn1c(SCc2nnc(C(=O)Nc3ccc(F)cc3)s2)nc2ccsc2c1=O. The van der Waals surface area contributed by atoms with Gasteiger partial charge in [0.1, 0.15) is 15.5 Å².